The first-order chi connectivity index (χ1) is 8.90. The van der Waals surface area contributed by atoms with Crippen molar-refractivity contribution in [3.05, 3.63) is 23.0 Å². The fourth-order valence-corrected chi connectivity index (χ4v) is 2.50. The molecule has 0 radical (unpaired) electrons. The fraction of sp³-hybridized carbons (Fsp3) is 0.688. The van der Waals surface area contributed by atoms with E-state index in [1.807, 2.05) is 27.0 Å². The van der Waals surface area contributed by atoms with Gasteiger partial charge in [-0.15, -0.1) is 0 Å². The molecule has 1 aromatic heterocycles. The molecule has 0 N–H and O–H groups in total. The van der Waals surface area contributed by atoms with E-state index in [9.17, 15) is 4.79 Å². The summed E-state index contributed by atoms with van der Waals surface area (Å²) in [6, 6.07) is 2.46. The van der Waals surface area contributed by atoms with Crippen molar-refractivity contribution >= 4 is 5.78 Å². The number of aryl methyl sites for hydroxylation is 1. The first-order valence-corrected chi connectivity index (χ1v) is 7.30. The zero-order valence-corrected chi connectivity index (χ0v) is 12.9. The van der Waals surface area contributed by atoms with Gasteiger partial charge in [0.15, 0.2) is 5.78 Å². The molecule has 1 aliphatic carbocycles. The molecule has 0 unspecified atom stereocenters. The van der Waals surface area contributed by atoms with Gasteiger partial charge in [-0.2, -0.15) is 0 Å². The zero-order valence-electron chi connectivity index (χ0n) is 12.9. The third-order valence-electron chi connectivity index (χ3n) is 4.34. The summed E-state index contributed by atoms with van der Waals surface area (Å²) in [5.74, 6) is 1.09. The lowest BCUT2D eigenvalue weighted by Gasteiger charge is -2.25. The lowest BCUT2D eigenvalue weighted by atomic mass is 10.1. The second-order valence-electron chi connectivity index (χ2n) is 6.23. The molecule has 3 heteroatoms. The van der Waals surface area contributed by atoms with E-state index >= 15 is 0 Å². The number of rotatable bonds is 6. The van der Waals surface area contributed by atoms with Crippen LogP contribution in [0.15, 0.2) is 6.07 Å². The molecule has 1 heterocycles. The van der Waals surface area contributed by atoms with Crippen LogP contribution in [-0.4, -0.2) is 34.4 Å². The molecule has 2 rings (SSSR count). The average molecular weight is 262 g/mol. The Morgan fingerprint density at radius 2 is 2.05 bits per heavy atom. The number of carbonyl (C=O) groups is 1. The minimum absolute atomic E-state index is 0.260. The van der Waals surface area contributed by atoms with Crippen LogP contribution in [-0.2, 0) is 7.05 Å². The summed E-state index contributed by atoms with van der Waals surface area (Å²) in [5, 5.41) is 0. The summed E-state index contributed by atoms with van der Waals surface area (Å²) >= 11 is 0. The lowest BCUT2D eigenvalue weighted by Crippen LogP contribution is -2.37. The van der Waals surface area contributed by atoms with E-state index in [1.54, 1.807) is 0 Å². The van der Waals surface area contributed by atoms with Crippen LogP contribution in [0.5, 0.6) is 0 Å². The molecule has 1 saturated carbocycles. The van der Waals surface area contributed by atoms with Crippen LogP contribution in [0.1, 0.15) is 48.4 Å². The third kappa shape index (κ3) is 3.27. The molecule has 0 atom stereocenters. The first-order valence-electron chi connectivity index (χ1n) is 7.30. The minimum atomic E-state index is 0.260. The van der Waals surface area contributed by atoms with E-state index in [4.69, 9.17) is 0 Å². The summed E-state index contributed by atoms with van der Waals surface area (Å²) in [4.78, 5) is 14.8. The van der Waals surface area contributed by atoms with E-state index in [-0.39, 0.29) is 5.78 Å². The maximum Gasteiger partial charge on any atom is 0.178 e. The Bertz CT molecular complexity index is 469. The molecule has 1 aliphatic rings. The Labute approximate surface area is 116 Å². The van der Waals surface area contributed by atoms with E-state index in [0.29, 0.717) is 12.6 Å². The zero-order chi connectivity index (χ0) is 14.2. The van der Waals surface area contributed by atoms with E-state index in [0.717, 1.165) is 29.4 Å². The number of hydrogen-bond acceptors (Lipinski definition) is 2. The Kier molecular flexibility index (Phi) is 4.14. The predicted octanol–water partition coefficient (Wildman–Crippen LogP) is 2.95. The maximum absolute atomic E-state index is 12.5. The number of hydrogen-bond donors (Lipinski definition) is 0. The molecule has 0 amide bonds. The van der Waals surface area contributed by atoms with Crippen molar-refractivity contribution in [2.24, 2.45) is 13.0 Å². The number of Topliss-reactive ketones (excluding diaryl/α,β-unsaturated/α-hetero) is 1. The second kappa shape index (κ2) is 5.49. The van der Waals surface area contributed by atoms with Gasteiger partial charge in [0.2, 0.25) is 0 Å². The quantitative estimate of drug-likeness (QED) is 0.736. The van der Waals surface area contributed by atoms with Crippen molar-refractivity contribution in [1.82, 2.24) is 9.47 Å². The van der Waals surface area contributed by atoms with Gasteiger partial charge in [-0.1, -0.05) is 0 Å². The van der Waals surface area contributed by atoms with E-state index in [1.165, 1.54) is 12.8 Å². The molecule has 0 bridgehead atoms. The highest BCUT2D eigenvalue weighted by molar-refractivity contribution is 5.99. The Hall–Kier alpha value is -1.09. The molecule has 0 saturated heterocycles. The molecule has 0 aromatic carbocycles. The molecule has 106 valence electrons. The van der Waals surface area contributed by atoms with Gasteiger partial charge in [0.05, 0.1) is 6.54 Å². The number of carbonyl (C=O) groups excluding carboxylic acids is 1. The van der Waals surface area contributed by atoms with Crippen molar-refractivity contribution in [1.29, 1.82) is 0 Å². The SMILES string of the molecule is Cc1cc(C(=O)CN(CC2CC2)C(C)C)c(C)n1C. The molecule has 1 aromatic rings. The monoisotopic (exact) mass is 262 g/mol. The smallest absolute Gasteiger partial charge is 0.178 e. The van der Waals surface area contributed by atoms with Crippen LogP contribution in [0, 0.1) is 19.8 Å². The minimum Gasteiger partial charge on any atom is -0.351 e. The van der Waals surface area contributed by atoms with Crippen molar-refractivity contribution in [3.8, 4) is 0 Å². The normalized spacial score (nSPS) is 15.5. The van der Waals surface area contributed by atoms with Gasteiger partial charge in [0, 0.05) is 36.6 Å². The molecule has 19 heavy (non-hydrogen) atoms. The van der Waals surface area contributed by atoms with Gasteiger partial charge in [-0.05, 0) is 52.5 Å². The van der Waals surface area contributed by atoms with Gasteiger partial charge in [0.25, 0.3) is 0 Å². The average Bonchev–Trinajstić information content (AvgIpc) is 3.12. The Morgan fingerprint density at radius 3 is 2.47 bits per heavy atom. The van der Waals surface area contributed by atoms with Crippen molar-refractivity contribution < 1.29 is 4.79 Å². The van der Waals surface area contributed by atoms with Crippen molar-refractivity contribution in [2.75, 3.05) is 13.1 Å². The van der Waals surface area contributed by atoms with Crippen LogP contribution >= 0.6 is 0 Å². The van der Waals surface area contributed by atoms with E-state index in [2.05, 4.69) is 23.3 Å². The van der Waals surface area contributed by atoms with Crippen molar-refractivity contribution in [2.45, 2.75) is 46.6 Å². The van der Waals surface area contributed by atoms with Crippen LogP contribution < -0.4 is 0 Å². The van der Waals surface area contributed by atoms with Crippen molar-refractivity contribution in [3.63, 3.8) is 0 Å². The number of nitrogens with zero attached hydrogens (tertiary/aromatic N) is 2. The second-order valence-corrected chi connectivity index (χ2v) is 6.23. The van der Waals surface area contributed by atoms with Gasteiger partial charge in [-0.25, -0.2) is 0 Å². The summed E-state index contributed by atoms with van der Waals surface area (Å²) < 4.78 is 2.09. The summed E-state index contributed by atoms with van der Waals surface area (Å²) in [5.41, 5.74) is 3.12. The molecule has 1 fully saturated rings. The summed E-state index contributed by atoms with van der Waals surface area (Å²) in [6.07, 6.45) is 2.67. The predicted molar refractivity (Wildman–Crippen MR) is 78.7 cm³/mol. The molecular weight excluding hydrogens is 236 g/mol. The van der Waals surface area contributed by atoms with Gasteiger partial charge in [0.1, 0.15) is 0 Å². The van der Waals surface area contributed by atoms with Gasteiger partial charge < -0.3 is 4.57 Å². The summed E-state index contributed by atoms with van der Waals surface area (Å²) in [7, 11) is 2.02. The largest absolute Gasteiger partial charge is 0.351 e. The van der Waals surface area contributed by atoms with Crippen LogP contribution in [0.25, 0.3) is 0 Å². The highest BCUT2D eigenvalue weighted by Gasteiger charge is 2.27. The fourth-order valence-electron chi connectivity index (χ4n) is 2.50. The highest BCUT2D eigenvalue weighted by Crippen LogP contribution is 2.30. The third-order valence-corrected chi connectivity index (χ3v) is 4.34. The Balaban J connectivity index is 2.07. The molecular formula is C16H26N2O. The van der Waals surface area contributed by atoms with Crippen LogP contribution in [0.2, 0.25) is 0 Å². The maximum atomic E-state index is 12.5. The topological polar surface area (TPSA) is 25.2 Å². The Morgan fingerprint density at radius 1 is 1.42 bits per heavy atom. The van der Waals surface area contributed by atoms with Crippen LogP contribution in [0.3, 0.4) is 0 Å². The molecule has 0 aliphatic heterocycles. The molecule has 0 spiro atoms. The number of aromatic nitrogens is 1. The van der Waals surface area contributed by atoms with Crippen LogP contribution in [0.4, 0.5) is 0 Å². The standard InChI is InChI=1S/C16H26N2O/c1-11(2)18(9-14-6-7-14)10-16(19)15-8-12(3)17(5)13(15)4/h8,11,14H,6-7,9-10H2,1-5H3. The van der Waals surface area contributed by atoms with E-state index < -0.39 is 0 Å². The molecule has 3 nitrogen and oxygen atoms in total. The number of ketones is 1. The summed E-state index contributed by atoms with van der Waals surface area (Å²) in [6.45, 7) is 10.1. The van der Waals surface area contributed by atoms with Gasteiger partial charge >= 0.3 is 0 Å². The lowest BCUT2D eigenvalue weighted by molar-refractivity contribution is 0.0900. The highest BCUT2D eigenvalue weighted by atomic mass is 16.1. The first kappa shape index (κ1) is 14.3. The van der Waals surface area contributed by atoms with Gasteiger partial charge in [-0.3, -0.25) is 9.69 Å².